The van der Waals surface area contributed by atoms with Crippen molar-refractivity contribution in [2.75, 3.05) is 26.7 Å². The van der Waals surface area contributed by atoms with Crippen LogP contribution in [0, 0.1) is 0 Å². The molecule has 1 aromatic carbocycles. The fraction of sp³-hybridized carbons (Fsp3) is 0.421. The van der Waals surface area contributed by atoms with E-state index in [0.717, 1.165) is 24.8 Å². The molecule has 7 nitrogen and oxygen atoms in total. The van der Waals surface area contributed by atoms with Gasteiger partial charge in [0.1, 0.15) is 5.69 Å². The summed E-state index contributed by atoms with van der Waals surface area (Å²) in [6, 6.07) is 9.23. The van der Waals surface area contributed by atoms with Gasteiger partial charge in [0, 0.05) is 29.7 Å². The molecule has 1 amide bonds. The molecule has 1 aliphatic rings. The Kier molecular flexibility index (Phi) is 6.13. The standard InChI is InChI=1S/C19H23ClN4O3/c1-23(12-18(25)26)15-3-2-9-24(10-8-15)19(27)17-11-16(21-22-17)13-4-6-14(20)7-5-13/h4-7,11,15H,2-3,8-10,12H2,1H3,(H,21,22)(H,25,26). The van der Waals surface area contributed by atoms with Crippen molar-refractivity contribution in [3.8, 4) is 11.3 Å². The average Bonchev–Trinajstić information content (AvgIpc) is 2.98. The summed E-state index contributed by atoms with van der Waals surface area (Å²) in [4.78, 5) is 27.4. The number of aliphatic carboxylic acids is 1. The van der Waals surface area contributed by atoms with E-state index in [-0.39, 0.29) is 18.5 Å². The molecule has 0 spiro atoms. The molecule has 27 heavy (non-hydrogen) atoms. The number of hydrogen-bond donors (Lipinski definition) is 2. The van der Waals surface area contributed by atoms with Gasteiger partial charge in [0.05, 0.1) is 12.2 Å². The van der Waals surface area contributed by atoms with Crippen LogP contribution in [0.25, 0.3) is 11.3 Å². The third-order valence-corrected chi connectivity index (χ3v) is 5.19. The first-order valence-electron chi connectivity index (χ1n) is 8.96. The van der Waals surface area contributed by atoms with Crippen LogP contribution in [0.3, 0.4) is 0 Å². The number of carbonyl (C=O) groups excluding carboxylic acids is 1. The molecule has 8 heteroatoms. The molecule has 1 saturated heterocycles. The lowest BCUT2D eigenvalue weighted by atomic mass is 10.1. The highest BCUT2D eigenvalue weighted by Gasteiger charge is 2.25. The molecule has 0 radical (unpaired) electrons. The van der Waals surface area contributed by atoms with Crippen molar-refractivity contribution in [2.45, 2.75) is 25.3 Å². The zero-order valence-corrected chi connectivity index (χ0v) is 15.9. The second-order valence-corrected chi connectivity index (χ2v) is 7.30. The molecule has 2 heterocycles. The number of carbonyl (C=O) groups is 2. The average molecular weight is 391 g/mol. The number of amides is 1. The van der Waals surface area contributed by atoms with Crippen LogP contribution in [0.4, 0.5) is 0 Å². The highest BCUT2D eigenvalue weighted by Crippen LogP contribution is 2.22. The molecule has 2 aromatic rings. The van der Waals surface area contributed by atoms with Crippen LogP contribution in [0.5, 0.6) is 0 Å². The monoisotopic (exact) mass is 390 g/mol. The van der Waals surface area contributed by atoms with Crippen molar-refractivity contribution >= 4 is 23.5 Å². The normalized spacial score (nSPS) is 17.7. The first-order valence-corrected chi connectivity index (χ1v) is 9.34. The minimum absolute atomic E-state index is 0.0175. The largest absolute Gasteiger partial charge is 0.480 e. The van der Waals surface area contributed by atoms with Crippen LogP contribution in [-0.4, -0.2) is 69.7 Å². The zero-order chi connectivity index (χ0) is 19.4. The number of aromatic amines is 1. The Morgan fingerprint density at radius 2 is 2.04 bits per heavy atom. The number of carboxylic acid groups (broad SMARTS) is 1. The molecule has 0 saturated carbocycles. The lowest BCUT2D eigenvalue weighted by Gasteiger charge is -2.25. The van der Waals surface area contributed by atoms with Gasteiger partial charge in [-0.3, -0.25) is 19.6 Å². The Bertz CT molecular complexity index is 806. The summed E-state index contributed by atoms with van der Waals surface area (Å²) in [6.45, 7) is 1.28. The molecule has 1 fully saturated rings. The van der Waals surface area contributed by atoms with E-state index < -0.39 is 5.97 Å². The van der Waals surface area contributed by atoms with Crippen molar-refractivity contribution < 1.29 is 14.7 Å². The van der Waals surface area contributed by atoms with E-state index >= 15 is 0 Å². The number of H-pyrrole nitrogens is 1. The van der Waals surface area contributed by atoms with Gasteiger partial charge in [-0.1, -0.05) is 23.7 Å². The third kappa shape index (κ3) is 4.87. The summed E-state index contributed by atoms with van der Waals surface area (Å²) < 4.78 is 0. The summed E-state index contributed by atoms with van der Waals surface area (Å²) >= 11 is 5.91. The maximum absolute atomic E-state index is 12.8. The summed E-state index contributed by atoms with van der Waals surface area (Å²) in [5.74, 6) is -0.911. The van der Waals surface area contributed by atoms with E-state index in [0.29, 0.717) is 29.5 Å². The van der Waals surface area contributed by atoms with Crippen molar-refractivity contribution in [3.05, 3.63) is 41.0 Å². The number of likely N-dealkylation sites (N-methyl/N-ethyl adjacent to an activating group) is 1. The molecule has 1 unspecified atom stereocenters. The Morgan fingerprint density at radius 1 is 1.30 bits per heavy atom. The maximum Gasteiger partial charge on any atom is 0.317 e. The van der Waals surface area contributed by atoms with Crippen molar-refractivity contribution in [2.24, 2.45) is 0 Å². The predicted molar refractivity (Wildman–Crippen MR) is 103 cm³/mol. The maximum atomic E-state index is 12.8. The molecule has 3 rings (SSSR count). The Balaban J connectivity index is 1.64. The van der Waals surface area contributed by atoms with Gasteiger partial charge in [0.2, 0.25) is 0 Å². The Morgan fingerprint density at radius 3 is 2.74 bits per heavy atom. The van der Waals surface area contributed by atoms with E-state index in [1.165, 1.54) is 0 Å². The Hall–Kier alpha value is -2.38. The highest BCUT2D eigenvalue weighted by molar-refractivity contribution is 6.30. The molecule has 1 atom stereocenters. The van der Waals surface area contributed by atoms with Crippen LogP contribution in [0.15, 0.2) is 30.3 Å². The van der Waals surface area contributed by atoms with Gasteiger partial charge < -0.3 is 10.0 Å². The van der Waals surface area contributed by atoms with Gasteiger partial charge in [-0.25, -0.2) is 0 Å². The second-order valence-electron chi connectivity index (χ2n) is 6.86. The third-order valence-electron chi connectivity index (χ3n) is 4.94. The molecular formula is C19H23ClN4O3. The number of halogens is 1. The molecule has 2 N–H and O–H groups in total. The number of nitrogens with one attached hydrogen (secondary N) is 1. The van der Waals surface area contributed by atoms with Crippen LogP contribution >= 0.6 is 11.6 Å². The fourth-order valence-corrected chi connectivity index (χ4v) is 3.56. The molecule has 0 aliphatic carbocycles. The topological polar surface area (TPSA) is 89.5 Å². The number of carboxylic acids is 1. The van der Waals surface area contributed by atoms with Crippen molar-refractivity contribution in [1.29, 1.82) is 0 Å². The van der Waals surface area contributed by atoms with E-state index in [2.05, 4.69) is 10.2 Å². The van der Waals surface area contributed by atoms with E-state index in [1.54, 1.807) is 18.2 Å². The summed E-state index contributed by atoms with van der Waals surface area (Å²) in [5, 5.41) is 16.7. The number of rotatable bonds is 5. The van der Waals surface area contributed by atoms with Crippen LogP contribution in [-0.2, 0) is 4.79 Å². The molecule has 0 bridgehead atoms. The minimum Gasteiger partial charge on any atom is -0.480 e. The number of hydrogen-bond acceptors (Lipinski definition) is 4. The second kappa shape index (κ2) is 8.54. The van der Waals surface area contributed by atoms with E-state index in [4.69, 9.17) is 16.7 Å². The highest BCUT2D eigenvalue weighted by atomic mass is 35.5. The van der Waals surface area contributed by atoms with E-state index in [1.807, 2.05) is 29.0 Å². The Labute approximate surface area is 162 Å². The van der Waals surface area contributed by atoms with Crippen LogP contribution in [0.2, 0.25) is 5.02 Å². The van der Waals surface area contributed by atoms with Crippen molar-refractivity contribution in [3.63, 3.8) is 0 Å². The summed E-state index contributed by atoms with van der Waals surface area (Å²) in [5.41, 5.74) is 2.04. The van der Waals surface area contributed by atoms with Gasteiger partial charge in [0.25, 0.3) is 5.91 Å². The summed E-state index contributed by atoms with van der Waals surface area (Å²) in [7, 11) is 1.82. The van der Waals surface area contributed by atoms with Crippen LogP contribution in [0.1, 0.15) is 29.8 Å². The van der Waals surface area contributed by atoms with Crippen molar-refractivity contribution in [1.82, 2.24) is 20.0 Å². The van der Waals surface area contributed by atoms with Gasteiger partial charge >= 0.3 is 5.97 Å². The minimum atomic E-state index is -0.832. The van der Waals surface area contributed by atoms with Gasteiger partial charge in [0.15, 0.2) is 0 Å². The number of aromatic nitrogens is 2. The lowest BCUT2D eigenvalue weighted by Crippen LogP contribution is -2.37. The quantitative estimate of drug-likeness (QED) is 0.819. The molecule has 1 aromatic heterocycles. The zero-order valence-electron chi connectivity index (χ0n) is 15.2. The number of likely N-dealkylation sites (tertiary alicyclic amines) is 1. The smallest absolute Gasteiger partial charge is 0.317 e. The SMILES string of the molecule is CN(CC(=O)O)C1CCCN(C(=O)c2cc(-c3ccc(Cl)cc3)n[nH]2)CC1. The number of benzene rings is 1. The van der Waals surface area contributed by atoms with Gasteiger partial charge in [-0.2, -0.15) is 5.10 Å². The van der Waals surface area contributed by atoms with Gasteiger partial charge in [-0.15, -0.1) is 0 Å². The fourth-order valence-electron chi connectivity index (χ4n) is 3.44. The van der Waals surface area contributed by atoms with Gasteiger partial charge in [-0.05, 0) is 44.5 Å². The van der Waals surface area contributed by atoms with E-state index in [9.17, 15) is 9.59 Å². The first-order chi connectivity index (χ1) is 12.9. The predicted octanol–water partition coefficient (Wildman–Crippen LogP) is 2.74. The first kappa shape index (κ1) is 19.4. The summed E-state index contributed by atoms with van der Waals surface area (Å²) in [6.07, 6.45) is 2.48. The molecule has 1 aliphatic heterocycles. The number of nitrogens with zero attached hydrogens (tertiary/aromatic N) is 3. The molecule has 144 valence electrons. The molecular weight excluding hydrogens is 368 g/mol. The van der Waals surface area contributed by atoms with Crippen LogP contribution < -0.4 is 0 Å². The lowest BCUT2D eigenvalue weighted by molar-refractivity contribution is -0.138.